The first-order chi connectivity index (χ1) is 8.02. The first kappa shape index (κ1) is 14.7. The van der Waals surface area contributed by atoms with Gasteiger partial charge in [-0.15, -0.1) is 0 Å². The Hall–Kier alpha value is -1.37. The van der Waals surface area contributed by atoms with Crippen molar-refractivity contribution in [1.29, 1.82) is 0 Å². The molecule has 1 aromatic heterocycles. The fourth-order valence-electron chi connectivity index (χ4n) is 1.61. The molecule has 0 atom stereocenters. The number of nitrogens with zero attached hydrogens (tertiary/aromatic N) is 1. The molecule has 0 radical (unpaired) electrons. The van der Waals surface area contributed by atoms with Gasteiger partial charge in [-0.2, -0.15) is 0 Å². The summed E-state index contributed by atoms with van der Waals surface area (Å²) in [5.41, 5.74) is 0.119. The van der Waals surface area contributed by atoms with Gasteiger partial charge in [0.05, 0.1) is 11.4 Å². The van der Waals surface area contributed by atoms with Crippen LogP contribution in [0.2, 0.25) is 0 Å². The standard InChI is InChI=1S/C11H18N2O4S/c1-7-9(8(2)17-12-7)10(14)13-18(15,16)6-11(3,4)5/h6H2,1-5H3,(H,13,14). The van der Waals surface area contributed by atoms with Crippen LogP contribution in [0.5, 0.6) is 0 Å². The molecule has 1 rings (SSSR count). The molecular weight excluding hydrogens is 256 g/mol. The minimum Gasteiger partial charge on any atom is -0.361 e. The van der Waals surface area contributed by atoms with Crippen LogP contribution < -0.4 is 4.72 Å². The summed E-state index contributed by atoms with van der Waals surface area (Å²) >= 11 is 0. The molecule has 0 fully saturated rings. The zero-order valence-electron chi connectivity index (χ0n) is 11.2. The Bertz CT molecular complexity index is 533. The topological polar surface area (TPSA) is 89.3 Å². The van der Waals surface area contributed by atoms with E-state index in [-0.39, 0.29) is 11.3 Å². The molecule has 0 saturated carbocycles. The number of nitrogens with one attached hydrogen (secondary N) is 1. The van der Waals surface area contributed by atoms with Crippen molar-refractivity contribution in [1.82, 2.24) is 9.88 Å². The summed E-state index contributed by atoms with van der Waals surface area (Å²) in [4.78, 5) is 11.9. The Morgan fingerprint density at radius 1 is 1.33 bits per heavy atom. The zero-order valence-corrected chi connectivity index (χ0v) is 12.0. The number of hydrogen-bond donors (Lipinski definition) is 1. The number of sulfonamides is 1. The summed E-state index contributed by atoms with van der Waals surface area (Å²) < 4.78 is 30.4. The summed E-state index contributed by atoms with van der Waals surface area (Å²) in [6.45, 7) is 8.50. The van der Waals surface area contributed by atoms with Crippen LogP contribution in [0.1, 0.15) is 42.6 Å². The first-order valence-electron chi connectivity index (χ1n) is 5.49. The molecule has 1 amide bonds. The summed E-state index contributed by atoms with van der Waals surface area (Å²) in [7, 11) is -3.67. The molecule has 0 unspecified atom stereocenters. The summed E-state index contributed by atoms with van der Waals surface area (Å²) in [6, 6.07) is 0. The van der Waals surface area contributed by atoms with Crippen LogP contribution in [-0.4, -0.2) is 25.2 Å². The van der Waals surface area contributed by atoms with E-state index in [1.807, 2.05) is 4.72 Å². The minimum atomic E-state index is -3.67. The quantitative estimate of drug-likeness (QED) is 0.899. The van der Waals surface area contributed by atoms with Gasteiger partial charge < -0.3 is 4.52 Å². The smallest absolute Gasteiger partial charge is 0.270 e. The van der Waals surface area contributed by atoms with E-state index in [0.717, 1.165) is 0 Å². The number of amides is 1. The average Bonchev–Trinajstić information content (AvgIpc) is 2.40. The van der Waals surface area contributed by atoms with Gasteiger partial charge in [-0.3, -0.25) is 4.79 Å². The second-order valence-electron chi connectivity index (χ2n) is 5.45. The monoisotopic (exact) mass is 274 g/mol. The fourth-order valence-corrected chi connectivity index (χ4v) is 3.20. The third-order valence-electron chi connectivity index (χ3n) is 2.13. The van der Waals surface area contributed by atoms with Crippen LogP contribution in [0.4, 0.5) is 0 Å². The normalized spacial score (nSPS) is 12.5. The Labute approximate surface area is 107 Å². The predicted molar refractivity (Wildman–Crippen MR) is 66.7 cm³/mol. The highest BCUT2D eigenvalue weighted by molar-refractivity contribution is 7.90. The molecule has 0 saturated heterocycles. The van der Waals surface area contributed by atoms with E-state index in [4.69, 9.17) is 4.52 Å². The maximum Gasteiger partial charge on any atom is 0.270 e. The highest BCUT2D eigenvalue weighted by atomic mass is 32.2. The van der Waals surface area contributed by atoms with Gasteiger partial charge in [0.2, 0.25) is 10.0 Å². The molecule has 0 bridgehead atoms. The molecule has 7 heteroatoms. The second-order valence-corrected chi connectivity index (χ2v) is 7.17. The molecule has 18 heavy (non-hydrogen) atoms. The Kier molecular flexibility index (Phi) is 3.85. The first-order valence-corrected chi connectivity index (χ1v) is 7.15. The van der Waals surface area contributed by atoms with Gasteiger partial charge in [-0.05, 0) is 19.3 Å². The van der Waals surface area contributed by atoms with Crippen LogP contribution >= 0.6 is 0 Å². The van der Waals surface area contributed by atoms with Crippen LogP contribution in [0, 0.1) is 19.3 Å². The third-order valence-corrected chi connectivity index (χ3v) is 3.87. The fraction of sp³-hybridized carbons (Fsp3) is 0.636. The van der Waals surface area contributed by atoms with Crippen molar-refractivity contribution in [2.75, 3.05) is 5.75 Å². The lowest BCUT2D eigenvalue weighted by Gasteiger charge is -2.18. The van der Waals surface area contributed by atoms with E-state index in [2.05, 4.69) is 5.16 Å². The van der Waals surface area contributed by atoms with Gasteiger partial charge in [-0.25, -0.2) is 13.1 Å². The largest absolute Gasteiger partial charge is 0.361 e. The Balaban J connectivity index is 2.90. The molecule has 0 spiro atoms. The zero-order chi connectivity index (χ0) is 14.1. The molecule has 1 aromatic rings. The molecule has 1 heterocycles. The number of hydrogen-bond acceptors (Lipinski definition) is 5. The number of aromatic nitrogens is 1. The van der Waals surface area contributed by atoms with E-state index in [9.17, 15) is 13.2 Å². The molecular formula is C11H18N2O4S. The van der Waals surface area contributed by atoms with Gasteiger partial charge >= 0.3 is 0 Å². The lowest BCUT2D eigenvalue weighted by molar-refractivity contribution is 0.0979. The average molecular weight is 274 g/mol. The van der Waals surface area contributed by atoms with Crippen LogP contribution in [0.3, 0.4) is 0 Å². The minimum absolute atomic E-state index is 0.130. The van der Waals surface area contributed by atoms with Crippen molar-refractivity contribution in [2.24, 2.45) is 5.41 Å². The van der Waals surface area contributed by atoms with Gasteiger partial charge in [-0.1, -0.05) is 25.9 Å². The lowest BCUT2D eigenvalue weighted by atomic mass is 10.0. The van der Waals surface area contributed by atoms with Gasteiger partial charge in [0.25, 0.3) is 5.91 Å². The number of carbonyl (C=O) groups excluding carboxylic acids is 1. The van der Waals surface area contributed by atoms with Crippen LogP contribution in [0.25, 0.3) is 0 Å². The van der Waals surface area contributed by atoms with E-state index in [1.54, 1.807) is 34.6 Å². The van der Waals surface area contributed by atoms with E-state index in [0.29, 0.717) is 11.5 Å². The number of aryl methyl sites for hydroxylation is 2. The van der Waals surface area contributed by atoms with Crippen LogP contribution in [-0.2, 0) is 10.0 Å². The van der Waals surface area contributed by atoms with Crippen molar-refractivity contribution in [3.63, 3.8) is 0 Å². The highest BCUT2D eigenvalue weighted by Crippen LogP contribution is 2.17. The number of carbonyl (C=O) groups is 1. The summed E-state index contributed by atoms with van der Waals surface area (Å²) in [6.07, 6.45) is 0. The molecule has 1 N–H and O–H groups in total. The van der Waals surface area contributed by atoms with Crippen LogP contribution in [0.15, 0.2) is 4.52 Å². The van der Waals surface area contributed by atoms with E-state index < -0.39 is 21.3 Å². The molecule has 102 valence electrons. The van der Waals surface area contributed by atoms with Crippen molar-refractivity contribution in [3.05, 3.63) is 17.0 Å². The summed E-state index contributed by atoms with van der Waals surface area (Å²) in [5.74, 6) is -0.527. The van der Waals surface area contributed by atoms with E-state index in [1.165, 1.54) is 0 Å². The van der Waals surface area contributed by atoms with Crippen molar-refractivity contribution in [3.8, 4) is 0 Å². The van der Waals surface area contributed by atoms with Crippen molar-refractivity contribution in [2.45, 2.75) is 34.6 Å². The Morgan fingerprint density at radius 2 is 1.89 bits per heavy atom. The number of rotatable bonds is 3. The molecule has 0 aliphatic carbocycles. The predicted octanol–water partition coefficient (Wildman–Crippen LogP) is 1.40. The molecule has 0 aliphatic rings. The lowest BCUT2D eigenvalue weighted by Crippen LogP contribution is -2.36. The summed E-state index contributed by atoms with van der Waals surface area (Å²) in [5, 5.41) is 3.61. The van der Waals surface area contributed by atoms with E-state index >= 15 is 0 Å². The maximum absolute atomic E-state index is 11.9. The van der Waals surface area contributed by atoms with Gasteiger partial charge in [0.15, 0.2) is 0 Å². The molecule has 0 aromatic carbocycles. The highest BCUT2D eigenvalue weighted by Gasteiger charge is 2.26. The SMILES string of the molecule is Cc1noc(C)c1C(=O)NS(=O)(=O)CC(C)(C)C. The van der Waals surface area contributed by atoms with Crippen molar-refractivity contribution >= 4 is 15.9 Å². The maximum atomic E-state index is 11.9. The Morgan fingerprint density at radius 3 is 2.28 bits per heavy atom. The third kappa shape index (κ3) is 3.83. The van der Waals surface area contributed by atoms with Gasteiger partial charge in [0, 0.05) is 0 Å². The molecule has 0 aliphatic heterocycles. The molecule has 6 nitrogen and oxygen atoms in total. The van der Waals surface area contributed by atoms with Gasteiger partial charge in [0.1, 0.15) is 11.3 Å². The van der Waals surface area contributed by atoms with Crippen molar-refractivity contribution < 1.29 is 17.7 Å². The second kappa shape index (κ2) is 4.72.